The molecule has 122 valence electrons. The lowest BCUT2D eigenvalue weighted by atomic mass is 10.1. The second-order valence-electron chi connectivity index (χ2n) is 5.87. The van der Waals surface area contributed by atoms with Crippen molar-refractivity contribution in [2.75, 3.05) is 18.4 Å². The summed E-state index contributed by atoms with van der Waals surface area (Å²) in [6.45, 7) is 5.84. The van der Waals surface area contributed by atoms with Gasteiger partial charge in [-0.15, -0.1) is 5.10 Å². The minimum absolute atomic E-state index is 0.218. The Labute approximate surface area is 143 Å². The number of carbonyl (C=O) groups is 1. The number of amides is 1. The first-order valence-electron chi connectivity index (χ1n) is 7.76. The third-order valence-electron chi connectivity index (χ3n) is 4.21. The molecule has 6 nitrogen and oxygen atoms in total. The summed E-state index contributed by atoms with van der Waals surface area (Å²) in [4.78, 5) is 12.5. The van der Waals surface area contributed by atoms with Gasteiger partial charge in [0, 0.05) is 10.2 Å². The van der Waals surface area contributed by atoms with Crippen LogP contribution in [0, 0.1) is 13.8 Å². The van der Waals surface area contributed by atoms with Gasteiger partial charge in [0.2, 0.25) is 0 Å². The van der Waals surface area contributed by atoms with Gasteiger partial charge in [-0.3, -0.25) is 4.79 Å². The SMILES string of the molecule is Cc1cc(NC(=O)c2nnn(C3CCNCC3)c2C)ccc1Br. The van der Waals surface area contributed by atoms with Crippen LogP contribution in [-0.4, -0.2) is 34.0 Å². The number of aromatic nitrogens is 3. The minimum atomic E-state index is -0.218. The molecular formula is C16H20BrN5O. The van der Waals surface area contributed by atoms with E-state index in [0.717, 1.165) is 47.3 Å². The van der Waals surface area contributed by atoms with Crippen LogP contribution in [0.1, 0.15) is 40.6 Å². The minimum Gasteiger partial charge on any atom is -0.321 e. The van der Waals surface area contributed by atoms with Crippen LogP contribution in [0.5, 0.6) is 0 Å². The van der Waals surface area contributed by atoms with Crippen LogP contribution in [0.3, 0.4) is 0 Å². The number of hydrogen-bond donors (Lipinski definition) is 2. The predicted molar refractivity (Wildman–Crippen MR) is 92.7 cm³/mol. The fraction of sp³-hybridized carbons (Fsp3) is 0.438. The maximum Gasteiger partial charge on any atom is 0.278 e. The van der Waals surface area contributed by atoms with Crippen molar-refractivity contribution in [3.63, 3.8) is 0 Å². The summed E-state index contributed by atoms with van der Waals surface area (Å²) in [5.74, 6) is -0.218. The monoisotopic (exact) mass is 377 g/mol. The molecule has 1 aliphatic rings. The second kappa shape index (κ2) is 6.80. The topological polar surface area (TPSA) is 71.8 Å². The summed E-state index contributed by atoms with van der Waals surface area (Å²) in [7, 11) is 0. The van der Waals surface area contributed by atoms with E-state index in [9.17, 15) is 4.79 Å². The maximum atomic E-state index is 12.5. The zero-order valence-electron chi connectivity index (χ0n) is 13.3. The van der Waals surface area contributed by atoms with Crippen molar-refractivity contribution in [3.05, 3.63) is 39.6 Å². The van der Waals surface area contributed by atoms with Crippen LogP contribution in [-0.2, 0) is 0 Å². The first-order chi connectivity index (χ1) is 11.1. The first kappa shape index (κ1) is 16.1. The lowest BCUT2D eigenvalue weighted by molar-refractivity contribution is 0.102. The molecule has 0 atom stereocenters. The molecule has 2 heterocycles. The van der Waals surface area contributed by atoms with Gasteiger partial charge in [0.1, 0.15) is 0 Å². The van der Waals surface area contributed by atoms with E-state index in [1.54, 1.807) is 0 Å². The molecule has 2 aromatic rings. The molecule has 1 fully saturated rings. The number of anilines is 1. The molecule has 7 heteroatoms. The Bertz CT molecular complexity index is 721. The quantitative estimate of drug-likeness (QED) is 0.862. The van der Waals surface area contributed by atoms with Crippen molar-refractivity contribution in [1.29, 1.82) is 0 Å². The molecule has 1 aromatic carbocycles. The van der Waals surface area contributed by atoms with Crippen LogP contribution >= 0.6 is 15.9 Å². The maximum absolute atomic E-state index is 12.5. The van der Waals surface area contributed by atoms with Gasteiger partial charge in [-0.25, -0.2) is 4.68 Å². The average molecular weight is 378 g/mol. The van der Waals surface area contributed by atoms with E-state index in [4.69, 9.17) is 0 Å². The third-order valence-corrected chi connectivity index (χ3v) is 5.10. The zero-order chi connectivity index (χ0) is 16.4. The number of piperidine rings is 1. The number of rotatable bonds is 3. The third kappa shape index (κ3) is 3.45. The first-order valence-corrected chi connectivity index (χ1v) is 8.55. The number of nitrogens with one attached hydrogen (secondary N) is 2. The van der Waals surface area contributed by atoms with E-state index in [2.05, 4.69) is 36.9 Å². The predicted octanol–water partition coefficient (Wildman–Crippen LogP) is 2.83. The summed E-state index contributed by atoms with van der Waals surface area (Å²) in [5.41, 5.74) is 3.04. The van der Waals surface area contributed by atoms with Gasteiger partial charge in [-0.2, -0.15) is 0 Å². The number of nitrogens with zero attached hydrogens (tertiary/aromatic N) is 3. The van der Waals surface area contributed by atoms with Crippen molar-refractivity contribution < 1.29 is 4.79 Å². The Hall–Kier alpha value is -1.73. The molecular weight excluding hydrogens is 358 g/mol. The highest BCUT2D eigenvalue weighted by molar-refractivity contribution is 9.10. The standard InChI is InChI=1S/C16H20BrN5O/c1-10-9-12(3-4-14(10)17)19-16(23)15-11(2)22(21-20-15)13-5-7-18-8-6-13/h3-4,9,13,18H,5-8H2,1-2H3,(H,19,23). The fourth-order valence-electron chi connectivity index (χ4n) is 2.86. The van der Waals surface area contributed by atoms with Gasteiger partial charge in [-0.1, -0.05) is 21.1 Å². The smallest absolute Gasteiger partial charge is 0.278 e. The summed E-state index contributed by atoms with van der Waals surface area (Å²) in [6.07, 6.45) is 2.02. The molecule has 1 saturated heterocycles. The van der Waals surface area contributed by atoms with Gasteiger partial charge >= 0.3 is 0 Å². The summed E-state index contributed by atoms with van der Waals surface area (Å²) < 4.78 is 2.91. The number of hydrogen-bond acceptors (Lipinski definition) is 4. The van der Waals surface area contributed by atoms with Crippen molar-refractivity contribution in [1.82, 2.24) is 20.3 Å². The number of carbonyl (C=O) groups excluding carboxylic acids is 1. The Morgan fingerprint density at radius 3 is 2.78 bits per heavy atom. The van der Waals surface area contributed by atoms with Crippen molar-refractivity contribution in [2.45, 2.75) is 32.7 Å². The van der Waals surface area contributed by atoms with E-state index >= 15 is 0 Å². The van der Waals surface area contributed by atoms with Crippen LogP contribution in [0.2, 0.25) is 0 Å². The van der Waals surface area contributed by atoms with Gasteiger partial charge < -0.3 is 10.6 Å². The van der Waals surface area contributed by atoms with Crippen LogP contribution in [0.4, 0.5) is 5.69 Å². The van der Waals surface area contributed by atoms with Crippen LogP contribution < -0.4 is 10.6 Å². The Balaban J connectivity index is 1.77. The number of halogens is 1. The van der Waals surface area contributed by atoms with Gasteiger partial charge in [0.25, 0.3) is 5.91 Å². The lowest BCUT2D eigenvalue weighted by Crippen LogP contribution is -2.30. The van der Waals surface area contributed by atoms with Gasteiger partial charge in [0.05, 0.1) is 11.7 Å². The van der Waals surface area contributed by atoms with Crippen molar-refractivity contribution in [2.24, 2.45) is 0 Å². The molecule has 1 amide bonds. The van der Waals surface area contributed by atoms with Gasteiger partial charge in [-0.05, 0) is 63.5 Å². The molecule has 0 saturated carbocycles. The second-order valence-corrected chi connectivity index (χ2v) is 6.72. The highest BCUT2D eigenvalue weighted by Gasteiger charge is 2.22. The number of benzene rings is 1. The van der Waals surface area contributed by atoms with Crippen molar-refractivity contribution in [3.8, 4) is 0 Å². The Morgan fingerprint density at radius 2 is 2.09 bits per heavy atom. The average Bonchev–Trinajstić information content (AvgIpc) is 2.93. The highest BCUT2D eigenvalue weighted by atomic mass is 79.9. The molecule has 3 rings (SSSR count). The molecule has 0 bridgehead atoms. The van der Waals surface area contributed by atoms with E-state index in [-0.39, 0.29) is 5.91 Å². The van der Waals surface area contributed by atoms with Crippen LogP contribution in [0.15, 0.2) is 22.7 Å². The van der Waals surface area contributed by atoms with E-state index in [1.165, 1.54) is 0 Å². The van der Waals surface area contributed by atoms with Gasteiger partial charge in [0.15, 0.2) is 5.69 Å². The Kier molecular flexibility index (Phi) is 4.77. The molecule has 1 aliphatic heterocycles. The molecule has 0 aliphatic carbocycles. The lowest BCUT2D eigenvalue weighted by Gasteiger charge is -2.23. The van der Waals surface area contributed by atoms with E-state index in [1.807, 2.05) is 36.7 Å². The highest BCUT2D eigenvalue weighted by Crippen LogP contribution is 2.22. The molecule has 2 N–H and O–H groups in total. The number of aryl methyl sites for hydroxylation is 1. The van der Waals surface area contributed by atoms with E-state index in [0.29, 0.717) is 11.7 Å². The van der Waals surface area contributed by atoms with E-state index < -0.39 is 0 Å². The molecule has 0 spiro atoms. The molecule has 1 aromatic heterocycles. The molecule has 23 heavy (non-hydrogen) atoms. The van der Waals surface area contributed by atoms with Crippen LogP contribution in [0.25, 0.3) is 0 Å². The Morgan fingerprint density at radius 1 is 1.35 bits per heavy atom. The largest absolute Gasteiger partial charge is 0.321 e. The zero-order valence-corrected chi connectivity index (χ0v) is 14.9. The fourth-order valence-corrected chi connectivity index (χ4v) is 3.11. The summed E-state index contributed by atoms with van der Waals surface area (Å²) in [5, 5.41) is 14.5. The normalized spacial score (nSPS) is 15.6. The summed E-state index contributed by atoms with van der Waals surface area (Å²) in [6, 6.07) is 6.03. The molecule has 0 radical (unpaired) electrons. The molecule has 0 unspecified atom stereocenters. The summed E-state index contributed by atoms with van der Waals surface area (Å²) >= 11 is 3.46. The van der Waals surface area contributed by atoms with Crippen molar-refractivity contribution >= 4 is 27.5 Å².